The summed E-state index contributed by atoms with van der Waals surface area (Å²) in [6.45, 7) is 5.11. The highest BCUT2D eigenvalue weighted by Gasteiger charge is 2.48. The van der Waals surface area contributed by atoms with Crippen LogP contribution in [0.2, 0.25) is 0 Å². The van der Waals surface area contributed by atoms with E-state index >= 15 is 0 Å². The van der Waals surface area contributed by atoms with Crippen LogP contribution < -0.4 is 0 Å². The number of unbranched alkanes of at least 4 members (excludes halogenated alkanes) is 22. The molecular formula is C34H66O7. The number of ether oxygens (including phenoxy) is 3. The van der Waals surface area contributed by atoms with Gasteiger partial charge in [-0.15, -0.1) is 0 Å². The summed E-state index contributed by atoms with van der Waals surface area (Å²) in [4.78, 5) is 12.5. The van der Waals surface area contributed by atoms with Gasteiger partial charge in [-0.25, -0.2) is 4.79 Å². The molecule has 0 unspecified atom stereocenters. The molecule has 0 amide bonds. The smallest absolute Gasteiger partial charge is 0.338 e. The fourth-order valence-corrected chi connectivity index (χ4v) is 5.52. The molecule has 1 rings (SSSR count). The summed E-state index contributed by atoms with van der Waals surface area (Å²) in [6.07, 6.45) is 22.5. The van der Waals surface area contributed by atoms with E-state index in [0.29, 0.717) is 6.61 Å². The zero-order chi connectivity index (χ0) is 30.0. The summed E-state index contributed by atoms with van der Waals surface area (Å²) in [5.74, 6) is -0.717. The highest BCUT2D eigenvalue weighted by Crippen LogP contribution is 2.24. The summed E-state index contributed by atoms with van der Waals surface area (Å²) >= 11 is 0. The Kier molecular flexibility index (Phi) is 25.1. The van der Waals surface area contributed by atoms with E-state index in [-0.39, 0.29) is 6.61 Å². The molecule has 7 nitrogen and oxygen atoms in total. The van der Waals surface area contributed by atoms with E-state index in [1.807, 2.05) is 0 Å². The lowest BCUT2D eigenvalue weighted by atomic mass is 9.99. The van der Waals surface area contributed by atoms with Crippen molar-refractivity contribution in [3.05, 3.63) is 0 Å². The van der Waals surface area contributed by atoms with Gasteiger partial charge in [0, 0.05) is 6.61 Å². The molecule has 0 aromatic heterocycles. The van der Waals surface area contributed by atoms with E-state index in [0.717, 1.165) is 38.5 Å². The van der Waals surface area contributed by atoms with Gasteiger partial charge in [0.25, 0.3) is 0 Å². The van der Waals surface area contributed by atoms with Crippen molar-refractivity contribution >= 4 is 5.97 Å². The Labute approximate surface area is 252 Å². The second kappa shape index (κ2) is 26.9. The molecule has 3 N–H and O–H groups in total. The Balaban J connectivity index is 2.09. The fourth-order valence-electron chi connectivity index (χ4n) is 5.52. The van der Waals surface area contributed by atoms with Crippen LogP contribution >= 0.6 is 0 Å². The van der Waals surface area contributed by atoms with Crippen molar-refractivity contribution in [2.24, 2.45) is 0 Å². The highest BCUT2D eigenvalue weighted by atomic mass is 16.7. The first-order valence-corrected chi connectivity index (χ1v) is 17.5. The molecule has 5 atom stereocenters. The van der Waals surface area contributed by atoms with Crippen LogP contribution in [-0.2, 0) is 19.0 Å². The molecule has 1 heterocycles. The molecular weight excluding hydrogens is 520 g/mol. The highest BCUT2D eigenvalue weighted by molar-refractivity contribution is 5.75. The third-order valence-corrected chi connectivity index (χ3v) is 8.32. The SMILES string of the molecule is CCCCCCCCCCCCCCOC(=O)[C@H]1O[C@H](OCCCCCCCCCCCCCC)[C@@H](O)[C@@H](O)[C@@H]1O. The van der Waals surface area contributed by atoms with Gasteiger partial charge < -0.3 is 29.5 Å². The van der Waals surface area contributed by atoms with Crippen molar-refractivity contribution in [3.63, 3.8) is 0 Å². The molecule has 1 aliphatic heterocycles. The number of carbonyl (C=O) groups is 1. The summed E-state index contributed by atoms with van der Waals surface area (Å²) in [5.41, 5.74) is 0. The number of aliphatic hydroxyl groups is 3. The van der Waals surface area contributed by atoms with Crippen molar-refractivity contribution in [2.45, 2.75) is 199 Å². The van der Waals surface area contributed by atoms with E-state index in [4.69, 9.17) is 14.2 Å². The van der Waals surface area contributed by atoms with Crippen molar-refractivity contribution < 1.29 is 34.3 Å². The van der Waals surface area contributed by atoms with E-state index in [1.165, 1.54) is 116 Å². The Morgan fingerprint density at radius 2 is 0.878 bits per heavy atom. The maximum Gasteiger partial charge on any atom is 0.338 e. The van der Waals surface area contributed by atoms with E-state index in [1.54, 1.807) is 0 Å². The van der Waals surface area contributed by atoms with Gasteiger partial charge in [0.1, 0.15) is 18.3 Å². The van der Waals surface area contributed by atoms with Gasteiger partial charge in [0.15, 0.2) is 12.4 Å². The molecule has 7 heteroatoms. The molecule has 1 saturated heterocycles. The van der Waals surface area contributed by atoms with Crippen molar-refractivity contribution in [1.29, 1.82) is 0 Å². The quantitative estimate of drug-likeness (QED) is 0.0635. The predicted octanol–water partition coefficient (Wildman–Crippen LogP) is 7.76. The van der Waals surface area contributed by atoms with Gasteiger partial charge in [-0.3, -0.25) is 0 Å². The minimum atomic E-state index is -1.55. The summed E-state index contributed by atoms with van der Waals surface area (Å²) in [5, 5.41) is 30.8. The molecule has 0 spiro atoms. The monoisotopic (exact) mass is 586 g/mol. The topological polar surface area (TPSA) is 105 Å². The van der Waals surface area contributed by atoms with Crippen LogP contribution in [0.1, 0.15) is 168 Å². The Bertz CT molecular complexity index is 587. The van der Waals surface area contributed by atoms with Gasteiger partial charge in [0.2, 0.25) is 0 Å². The average molecular weight is 587 g/mol. The minimum Gasteiger partial charge on any atom is -0.464 e. The van der Waals surface area contributed by atoms with Gasteiger partial charge in [-0.2, -0.15) is 0 Å². The van der Waals surface area contributed by atoms with Crippen LogP contribution in [-0.4, -0.2) is 65.2 Å². The molecule has 41 heavy (non-hydrogen) atoms. The molecule has 0 aliphatic carbocycles. The lowest BCUT2D eigenvalue weighted by Gasteiger charge is -2.39. The second-order valence-electron chi connectivity index (χ2n) is 12.2. The molecule has 1 fully saturated rings. The first kappa shape index (κ1) is 38.3. The van der Waals surface area contributed by atoms with Gasteiger partial charge in [0.05, 0.1) is 6.61 Å². The van der Waals surface area contributed by atoms with Crippen LogP contribution in [0.3, 0.4) is 0 Å². The average Bonchev–Trinajstić information content (AvgIpc) is 2.97. The summed E-state index contributed by atoms with van der Waals surface area (Å²) in [7, 11) is 0. The fraction of sp³-hybridized carbons (Fsp3) is 0.971. The van der Waals surface area contributed by atoms with E-state index < -0.39 is 36.7 Å². The van der Waals surface area contributed by atoms with Crippen LogP contribution in [0.5, 0.6) is 0 Å². The van der Waals surface area contributed by atoms with Crippen molar-refractivity contribution in [1.82, 2.24) is 0 Å². The molecule has 0 saturated carbocycles. The largest absolute Gasteiger partial charge is 0.464 e. The lowest BCUT2D eigenvalue weighted by molar-refractivity contribution is -0.295. The first-order valence-electron chi connectivity index (χ1n) is 17.5. The number of aliphatic hydroxyl groups excluding tert-OH is 3. The molecule has 0 aromatic carbocycles. The number of carbonyl (C=O) groups excluding carboxylic acids is 1. The minimum absolute atomic E-state index is 0.256. The summed E-state index contributed by atoms with van der Waals surface area (Å²) < 4.78 is 16.5. The molecule has 0 bridgehead atoms. The first-order chi connectivity index (χ1) is 20.0. The summed E-state index contributed by atoms with van der Waals surface area (Å²) in [6, 6.07) is 0. The van der Waals surface area contributed by atoms with E-state index in [9.17, 15) is 20.1 Å². The molecule has 0 radical (unpaired) electrons. The van der Waals surface area contributed by atoms with Crippen LogP contribution in [0.15, 0.2) is 0 Å². The van der Waals surface area contributed by atoms with Crippen LogP contribution in [0.4, 0.5) is 0 Å². The molecule has 1 aliphatic rings. The number of rotatable bonds is 28. The Hall–Kier alpha value is -0.730. The molecule has 0 aromatic rings. The second-order valence-corrected chi connectivity index (χ2v) is 12.2. The van der Waals surface area contributed by atoms with Crippen LogP contribution in [0.25, 0.3) is 0 Å². The van der Waals surface area contributed by atoms with Crippen molar-refractivity contribution in [3.8, 4) is 0 Å². The predicted molar refractivity (Wildman–Crippen MR) is 166 cm³/mol. The number of hydrogen-bond donors (Lipinski definition) is 3. The zero-order valence-corrected chi connectivity index (χ0v) is 26.7. The normalized spacial score (nSPS) is 22.7. The third kappa shape index (κ3) is 19.2. The maximum absolute atomic E-state index is 12.5. The van der Waals surface area contributed by atoms with Crippen molar-refractivity contribution in [2.75, 3.05) is 13.2 Å². The Morgan fingerprint density at radius 1 is 0.512 bits per heavy atom. The number of hydrogen-bond acceptors (Lipinski definition) is 7. The van der Waals surface area contributed by atoms with Crippen LogP contribution in [0, 0.1) is 0 Å². The zero-order valence-electron chi connectivity index (χ0n) is 26.7. The van der Waals surface area contributed by atoms with Gasteiger partial charge in [-0.1, -0.05) is 155 Å². The Morgan fingerprint density at radius 3 is 1.29 bits per heavy atom. The van der Waals surface area contributed by atoms with E-state index in [2.05, 4.69) is 13.8 Å². The lowest BCUT2D eigenvalue weighted by Crippen LogP contribution is -2.60. The maximum atomic E-state index is 12.5. The van der Waals surface area contributed by atoms with Gasteiger partial charge >= 0.3 is 5.97 Å². The molecule has 244 valence electrons. The third-order valence-electron chi connectivity index (χ3n) is 8.32. The van der Waals surface area contributed by atoms with Gasteiger partial charge in [-0.05, 0) is 12.8 Å². The standard InChI is InChI=1S/C34H66O7/c1-3-5-7-9-11-13-15-17-19-21-23-25-27-39-33(38)32-30(36)29(35)31(37)34(41-32)40-28-26-24-22-20-18-16-14-12-10-8-6-4-2/h29-32,34-37H,3-28H2,1-2H3/t29-,30-,31-,32-,34-/m0/s1. The number of esters is 1.